The molecule has 2 aromatic heterocycles. The summed E-state index contributed by atoms with van der Waals surface area (Å²) in [5.41, 5.74) is 2.24. The number of benzene rings is 1. The van der Waals surface area contributed by atoms with Crippen LogP contribution in [0.25, 0.3) is 11.2 Å². The molecular formula is C16H15ClF3N5. The number of aryl methyl sites for hydroxylation is 1. The highest BCUT2D eigenvalue weighted by Crippen LogP contribution is 2.31. The van der Waals surface area contributed by atoms with Gasteiger partial charge in [0.05, 0.1) is 12.9 Å². The average Bonchev–Trinajstić information content (AvgIpc) is 2.92. The van der Waals surface area contributed by atoms with E-state index in [0.29, 0.717) is 17.1 Å². The first kappa shape index (κ1) is 17.5. The Morgan fingerprint density at radius 1 is 1.20 bits per heavy atom. The number of nitrogens with zero attached hydrogens (tertiary/aromatic N) is 5. The molecule has 0 aliphatic carbocycles. The summed E-state index contributed by atoms with van der Waals surface area (Å²) in [6.07, 6.45) is -3.17. The topological polar surface area (TPSA) is 46.8 Å². The summed E-state index contributed by atoms with van der Waals surface area (Å²) in [6.45, 7) is 2.20. The van der Waals surface area contributed by atoms with Gasteiger partial charge in [-0.05, 0) is 24.1 Å². The summed E-state index contributed by atoms with van der Waals surface area (Å²) in [5, 5.41) is 0.635. The second-order valence-electron chi connectivity index (χ2n) is 5.89. The maximum Gasteiger partial charge on any atom is 0.451 e. The standard InChI is InChI=1S/C16H15ClF3N5/c1-9-6-10(4-5-11(9)17)7-25-8-21-12-13(24(2)3)22-15(16(18,19)20)23-14(12)25/h4-6,8H,7H2,1-3H3. The lowest BCUT2D eigenvalue weighted by Gasteiger charge is -2.14. The van der Waals surface area contributed by atoms with Gasteiger partial charge < -0.3 is 9.47 Å². The van der Waals surface area contributed by atoms with Crippen LogP contribution in [-0.2, 0) is 12.7 Å². The molecule has 0 amide bonds. The summed E-state index contributed by atoms with van der Waals surface area (Å²) < 4.78 is 41.0. The smallest absolute Gasteiger partial charge is 0.361 e. The van der Waals surface area contributed by atoms with Gasteiger partial charge in [-0.3, -0.25) is 0 Å². The lowest BCUT2D eigenvalue weighted by molar-refractivity contribution is -0.144. The number of hydrogen-bond acceptors (Lipinski definition) is 4. The van der Waals surface area contributed by atoms with Gasteiger partial charge in [0, 0.05) is 19.1 Å². The van der Waals surface area contributed by atoms with Gasteiger partial charge in [0.1, 0.15) is 0 Å². The number of anilines is 1. The monoisotopic (exact) mass is 369 g/mol. The fourth-order valence-corrected chi connectivity index (χ4v) is 2.60. The number of hydrogen-bond donors (Lipinski definition) is 0. The molecule has 9 heteroatoms. The van der Waals surface area contributed by atoms with E-state index < -0.39 is 12.0 Å². The van der Waals surface area contributed by atoms with E-state index in [2.05, 4.69) is 15.0 Å². The largest absolute Gasteiger partial charge is 0.451 e. The Hall–Kier alpha value is -2.35. The Morgan fingerprint density at radius 2 is 1.92 bits per heavy atom. The summed E-state index contributed by atoms with van der Waals surface area (Å²) >= 11 is 6.01. The SMILES string of the molecule is Cc1cc(Cn2cnc3c(N(C)C)nc(C(F)(F)F)nc32)ccc1Cl. The Bertz CT molecular complexity index is 933. The Kier molecular flexibility index (Phi) is 4.32. The highest BCUT2D eigenvalue weighted by Gasteiger charge is 2.36. The van der Waals surface area contributed by atoms with Crippen molar-refractivity contribution in [3.63, 3.8) is 0 Å². The van der Waals surface area contributed by atoms with Crippen LogP contribution < -0.4 is 4.90 Å². The molecule has 2 heterocycles. The van der Waals surface area contributed by atoms with Gasteiger partial charge in [0.25, 0.3) is 0 Å². The molecule has 0 N–H and O–H groups in total. The summed E-state index contributed by atoms with van der Waals surface area (Å²) in [4.78, 5) is 13.0. The maximum atomic E-state index is 13.1. The Labute approximate surface area is 147 Å². The van der Waals surface area contributed by atoms with E-state index >= 15 is 0 Å². The molecule has 0 saturated heterocycles. The third-order valence-corrected chi connectivity index (χ3v) is 4.12. The van der Waals surface area contributed by atoms with E-state index in [1.54, 1.807) is 24.7 Å². The summed E-state index contributed by atoms with van der Waals surface area (Å²) in [7, 11) is 3.23. The van der Waals surface area contributed by atoms with E-state index in [9.17, 15) is 13.2 Å². The van der Waals surface area contributed by atoms with Crippen molar-refractivity contribution in [1.82, 2.24) is 19.5 Å². The van der Waals surface area contributed by atoms with Crippen molar-refractivity contribution >= 4 is 28.6 Å². The van der Waals surface area contributed by atoms with E-state index in [1.807, 2.05) is 19.1 Å². The fourth-order valence-electron chi connectivity index (χ4n) is 2.49. The average molecular weight is 370 g/mol. The minimum absolute atomic E-state index is 0.128. The summed E-state index contributed by atoms with van der Waals surface area (Å²) in [5.74, 6) is -1.05. The minimum atomic E-state index is -4.63. The van der Waals surface area contributed by atoms with Gasteiger partial charge in [-0.1, -0.05) is 23.7 Å². The first-order chi connectivity index (χ1) is 11.7. The van der Waals surface area contributed by atoms with Crippen LogP contribution in [0.2, 0.25) is 5.02 Å². The van der Waals surface area contributed by atoms with Crippen LogP contribution in [0.4, 0.5) is 19.0 Å². The van der Waals surface area contributed by atoms with Crippen molar-refractivity contribution in [2.45, 2.75) is 19.6 Å². The van der Waals surface area contributed by atoms with Crippen molar-refractivity contribution in [2.75, 3.05) is 19.0 Å². The van der Waals surface area contributed by atoms with E-state index in [0.717, 1.165) is 11.1 Å². The molecule has 132 valence electrons. The quantitative estimate of drug-likeness (QED) is 0.702. The van der Waals surface area contributed by atoms with Gasteiger partial charge >= 0.3 is 6.18 Å². The molecule has 0 radical (unpaired) electrons. The normalized spacial score (nSPS) is 12.0. The minimum Gasteiger partial charge on any atom is -0.361 e. The van der Waals surface area contributed by atoms with Crippen LogP contribution in [0.5, 0.6) is 0 Å². The van der Waals surface area contributed by atoms with Crippen molar-refractivity contribution in [2.24, 2.45) is 0 Å². The first-order valence-corrected chi connectivity index (χ1v) is 7.77. The second-order valence-corrected chi connectivity index (χ2v) is 6.30. The molecule has 0 atom stereocenters. The van der Waals surface area contributed by atoms with Crippen molar-refractivity contribution in [3.05, 3.63) is 46.5 Å². The highest BCUT2D eigenvalue weighted by atomic mass is 35.5. The zero-order valence-corrected chi connectivity index (χ0v) is 14.5. The highest BCUT2D eigenvalue weighted by molar-refractivity contribution is 6.31. The predicted octanol–water partition coefficient (Wildman–Crippen LogP) is 3.92. The first-order valence-electron chi connectivity index (χ1n) is 7.39. The third-order valence-electron chi connectivity index (χ3n) is 3.70. The molecule has 0 aliphatic heterocycles. The van der Waals surface area contributed by atoms with Crippen molar-refractivity contribution in [3.8, 4) is 0 Å². The number of imidazole rings is 1. The summed E-state index contributed by atoms with van der Waals surface area (Å²) in [6, 6.07) is 5.46. The third kappa shape index (κ3) is 3.39. The molecule has 0 saturated carbocycles. The van der Waals surface area contributed by atoms with Crippen LogP contribution in [-0.4, -0.2) is 33.6 Å². The van der Waals surface area contributed by atoms with Gasteiger partial charge in [0.15, 0.2) is 17.0 Å². The van der Waals surface area contributed by atoms with E-state index in [1.165, 1.54) is 11.2 Å². The molecule has 0 aliphatic rings. The Balaban J connectivity index is 2.13. The molecule has 3 aromatic rings. The van der Waals surface area contributed by atoms with Crippen LogP contribution in [0.1, 0.15) is 17.0 Å². The van der Waals surface area contributed by atoms with Gasteiger partial charge in [0.2, 0.25) is 5.82 Å². The number of rotatable bonds is 3. The molecule has 1 aromatic carbocycles. The lowest BCUT2D eigenvalue weighted by atomic mass is 10.1. The van der Waals surface area contributed by atoms with Crippen LogP contribution in [0.15, 0.2) is 24.5 Å². The van der Waals surface area contributed by atoms with Gasteiger partial charge in [-0.2, -0.15) is 13.2 Å². The van der Waals surface area contributed by atoms with Crippen molar-refractivity contribution < 1.29 is 13.2 Å². The molecule has 0 unspecified atom stereocenters. The van der Waals surface area contributed by atoms with Gasteiger partial charge in [-0.15, -0.1) is 0 Å². The molecular weight excluding hydrogens is 355 g/mol. The molecule has 0 spiro atoms. The number of halogens is 4. The number of aromatic nitrogens is 4. The zero-order chi connectivity index (χ0) is 18.4. The predicted molar refractivity (Wildman–Crippen MR) is 89.9 cm³/mol. The van der Waals surface area contributed by atoms with Crippen molar-refractivity contribution in [1.29, 1.82) is 0 Å². The van der Waals surface area contributed by atoms with Gasteiger partial charge in [-0.25, -0.2) is 15.0 Å². The molecule has 3 rings (SSSR count). The molecule has 0 bridgehead atoms. The Morgan fingerprint density at radius 3 is 2.52 bits per heavy atom. The van der Waals surface area contributed by atoms with Crippen LogP contribution in [0.3, 0.4) is 0 Å². The van der Waals surface area contributed by atoms with Crippen LogP contribution in [0, 0.1) is 6.92 Å². The molecule has 25 heavy (non-hydrogen) atoms. The maximum absolute atomic E-state index is 13.1. The molecule has 5 nitrogen and oxygen atoms in total. The number of fused-ring (bicyclic) bond motifs is 1. The van der Waals surface area contributed by atoms with Crippen LogP contribution >= 0.6 is 11.6 Å². The zero-order valence-electron chi connectivity index (χ0n) is 13.8. The molecule has 0 fully saturated rings. The van der Waals surface area contributed by atoms with E-state index in [4.69, 9.17) is 11.6 Å². The number of alkyl halides is 3. The fraction of sp³-hybridized carbons (Fsp3) is 0.312. The lowest BCUT2D eigenvalue weighted by Crippen LogP contribution is -2.18. The van der Waals surface area contributed by atoms with E-state index in [-0.39, 0.29) is 11.5 Å². The second kappa shape index (κ2) is 6.18.